The van der Waals surface area contributed by atoms with E-state index in [-0.39, 0.29) is 12.5 Å². The number of aliphatic carboxylic acids is 1. The maximum atomic E-state index is 11.4. The Labute approximate surface area is 95.0 Å². The fourth-order valence-electron chi connectivity index (χ4n) is 1.44. The summed E-state index contributed by atoms with van der Waals surface area (Å²) >= 11 is 0. The third-order valence-corrected chi connectivity index (χ3v) is 2.10. The average molecular weight is 227 g/mol. The Morgan fingerprint density at radius 1 is 1.44 bits per heavy atom. The van der Waals surface area contributed by atoms with E-state index in [1.54, 1.807) is 6.92 Å². The monoisotopic (exact) mass is 227 g/mol. The van der Waals surface area contributed by atoms with Crippen LogP contribution in [0.2, 0.25) is 0 Å². The molecule has 0 aromatic heterocycles. The Kier molecular flexibility index (Phi) is 6.16. The van der Waals surface area contributed by atoms with Gasteiger partial charge in [0.05, 0.1) is 18.6 Å². The van der Waals surface area contributed by atoms with Crippen LogP contribution in [-0.4, -0.2) is 23.7 Å². The zero-order valence-corrected chi connectivity index (χ0v) is 9.77. The summed E-state index contributed by atoms with van der Waals surface area (Å²) in [5.41, 5.74) is 0. The first-order valence-corrected chi connectivity index (χ1v) is 5.23. The molecule has 0 fully saturated rings. The summed E-state index contributed by atoms with van der Waals surface area (Å²) in [6.07, 6.45) is 0.367. The summed E-state index contributed by atoms with van der Waals surface area (Å²) in [4.78, 5) is 22.4. The lowest BCUT2D eigenvalue weighted by molar-refractivity contribution is -0.160. The van der Waals surface area contributed by atoms with Crippen molar-refractivity contribution in [3.63, 3.8) is 0 Å². The quantitative estimate of drug-likeness (QED) is 0.548. The number of hydrogen-bond donors (Lipinski definition) is 1. The third kappa shape index (κ3) is 4.30. The van der Waals surface area contributed by atoms with Crippen LogP contribution in [0.4, 0.5) is 0 Å². The molecule has 0 saturated heterocycles. The predicted molar refractivity (Wildman–Crippen MR) is 56.3 cm³/mol. The maximum absolute atomic E-state index is 11.4. The molecule has 0 radical (unpaired) electrons. The first kappa shape index (κ1) is 14.4. The molecule has 5 heteroatoms. The van der Waals surface area contributed by atoms with E-state index in [1.165, 1.54) is 0 Å². The lowest BCUT2D eigenvalue weighted by Gasteiger charge is -2.17. The minimum Gasteiger partial charge on any atom is -0.481 e. The van der Waals surface area contributed by atoms with Crippen LogP contribution in [-0.2, 0) is 14.3 Å². The fourth-order valence-corrected chi connectivity index (χ4v) is 1.44. The van der Waals surface area contributed by atoms with Gasteiger partial charge in [-0.3, -0.25) is 9.59 Å². The number of nitrogens with zero attached hydrogens (tertiary/aromatic N) is 1. The molecule has 0 heterocycles. The van der Waals surface area contributed by atoms with Crippen LogP contribution >= 0.6 is 0 Å². The highest BCUT2D eigenvalue weighted by molar-refractivity contribution is 5.94. The van der Waals surface area contributed by atoms with Crippen molar-refractivity contribution in [2.24, 2.45) is 17.8 Å². The number of carboxylic acids is 1. The molecule has 5 nitrogen and oxygen atoms in total. The molecule has 0 aromatic carbocycles. The summed E-state index contributed by atoms with van der Waals surface area (Å²) in [7, 11) is 0. The number of carbonyl (C=O) groups excluding carboxylic acids is 1. The topological polar surface area (TPSA) is 87.4 Å². The Morgan fingerprint density at radius 2 is 2.00 bits per heavy atom. The molecule has 0 unspecified atom stereocenters. The minimum atomic E-state index is -1.38. The molecule has 0 aliphatic rings. The lowest BCUT2D eigenvalue weighted by atomic mass is 9.86. The van der Waals surface area contributed by atoms with Crippen LogP contribution in [0.25, 0.3) is 0 Å². The van der Waals surface area contributed by atoms with Crippen LogP contribution in [0.15, 0.2) is 0 Å². The Morgan fingerprint density at radius 3 is 2.31 bits per heavy atom. The highest BCUT2D eigenvalue weighted by Crippen LogP contribution is 2.21. The van der Waals surface area contributed by atoms with E-state index >= 15 is 0 Å². The number of carbonyl (C=O) groups is 2. The molecule has 0 aliphatic heterocycles. The first-order valence-electron chi connectivity index (χ1n) is 5.23. The zero-order valence-electron chi connectivity index (χ0n) is 9.77. The second kappa shape index (κ2) is 6.83. The largest absolute Gasteiger partial charge is 0.481 e. The van der Waals surface area contributed by atoms with Crippen molar-refractivity contribution in [2.45, 2.75) is 27.2 Å². The van der Waals surface area contributed by atoms with Crippen molar-refractivity contribution < 1.29 is 19.4 Å². The van der Waals surface area contributed by atoms with E-state index in [2.05, 4.69) is 4.74 Å². The SMILES string of the molecule is CCOC(=O)[C@@H](C(=O)O)[C@@H](C#N)CC(C)C. The predicted octanol–water partition coefficient (Wildman–Crippen LogP) is 1.44. The molecule has 0 aliphatic carbocycles. The molecule has 90 valence electrons. The van der Waals surface area contributed by atoms with Gasteiger partial charge in [0.1, 0.15) is 0 Å². The molecule has 2 atom stereocenters. The van der Waals surface area contributed by atoms with Crippen LogP contribution in [0.5, 0.6) is 0 Å². The second-order valence-electron chi connectivity index (χ2n) is 3.93. The summed E-state index contributed by atoms with van der Waals surface area (Å²) in [6, 6.07) is 1.87. The van der Waals surface area contributed by atoms with Crippen LogP contribution in [0, 0.1) is 29.1 Å². The van der Waals surface area contributed by atoms with Crippen LogP contribution in [0.3, 0.4) is 0 Å². The van der Waals surface area contributed by atoms with E-state index in [0.29, 0.717) is 6.42 Å². The van der Waals surface area contributed by atoms with Gasteiger partial charge < -0.3 is 9.84 Å². The summed E-state index contributed by atoms with van der Waals surface area (Å²) in [5.74, 6) is -4.20. The molecular formula is C11H17NO4. The van der Waals surface area contributed by atoms with E-state index in [9.17, 15) is 9.59 Å². The van der Waals surface area contributed by atoms with Crippen molar-refractivity contribution in [2.75, 3.05) is 6.61 Å². The van der Waals surface area contributed by atoms with Crippen molar-refractivity contribution >= 4 is 11.9 Å². The van der Waals surface area contributed by atoms with E-state index in [4.69, 9.17) is 10.4 Å². The number of hydrogen-bond acceptors (Lipinski definition) is 4. The molecule has 16 heavy (non-hydrogen) atoms. The Hall–Kier alpha value is -1.57. The number of ether oxygens (including phenoxy) is 1. The number of esters is 1. The van der Waals surface area contributed by atoms with Crippen LogP contribution in [0.1, 0.15) is 27.2 Å². The standard InChI is InChI=1S/C11H17NO4/c1-4-16-11(15)9(10(13)14)8(6-12)5-7(2)3/h7-9H,4-5H2,1-3H3,(H,13,14)/t8-,9-/m1/s1. The van der Waals surface area contributed by atoms with Gasteiger partial charge in [-0.1, -0.05) is 13.8 Å². The molecule has 0 rings (SSSR count). The van der Waals surface area contributed by atoms with Gasteiger partial charge in [0.25, 0.3) is 0 Å². The Bertz CT molecular complexity index is 293. The molecule has 0 bridgehead atoms. The summed E-state index contributed by atoms with van der Waals surface area (Å²) in [6.45, 7) is 5.45. The zero-order chi connectivity index (χ0) is 12.7. The van der Waals surface area contributed by atoms with E-state index in [0.717, 1.165) is 0 Å². The molecule has 0 aromatic rings. The van der Waals surface area contributed by atoms with E-state index in [1.807, 2.05) is 19.9 Å². The molecule has 0 amide bonds. The van der Waals surface area contributed by atoms with Gasteiger partial charge in [0.15, 0.2) is 5.92 Å². The fraction of sp³-hybridized carbons (Fsp3) is 0.727. The van der Waals surface area contributed by atoms with Crippen molar-refractivity contribution in [3.05, 3.63) is 0 Å². The smallest absolute Gasteiger partial charge is 0.321 e. The van der Waals surface area contributed by atoms with Crippen molar-refractivity contribution in [1.82, 2.24) is 0 Å². The van der Waals surface area contributed by atoms with Gasteiger partial charge in [-0.25, -0.2) is 0 Å². The minimum absolute atomic E-state index is 0.114. The Balaban J connectivity index is 4.81. The van der Waals surface area contributed by atoms with Crippen molar-refractivity contribution in [3.8, 4) is 6.07 Å². The highest BCUT2D eigenvalue weighted by atomic mass is 16.5. The van der Waals surface area contributed by atoms with Gasteiger partial charge in [0.2, 0.25) is 0 Å². The van der Waals surface area contributed by atoms with Crippen molar-refractivity contribution in [1.29, 1.82) is 5.26 Å². The number of rotatable bonds is 6. The second-order valence-corrected chi connectivity index (χ2v) is 3.93. The first-order chi connectivity index (χ1) is 7.43. The normalized spacial score (nSPS) is 13.9. The molecule has 0 saturated carbocycles. The lowest BCUT2D eigenvalue weighted by Crippen LogP contribution is -2.33. The van der Waals surface area contributed by atoms with Gasteiger partial charge in [-0.2, -0.15) is 5.26 Å². The molecular weight excluding hydrogens is 210 g/mol. The van der Waals surface area contributed by atoms with Gasteiger partial charge in [-0.05, 0) is 19.3 Å². The summed E-state index contributed by atoms with van der Waals surface area (Å²) < 4.78 is 4.66. The number of carboxylic acid groups (broad SMARTS) is 1. The van der Waals surface area contributed by atoms with Crippen LogP contribution < -0.4 is 0 Å². The van der Waals surface area contributed by atoms with E-state index < -0.39 is 23.8 Å². The molecule has 0 spiro atoms. The maximum Gasteiger partial charge on any atom is 0.321 e. The van der Waals surface area contributed by atoms with Gasteiger partial charge in [-0.15, -0.1) is 0 Å². The summed E-state index contributed by atoms with van der Waals surface area (Å²) in [5, 5.41) is 17.8. The highest BCUT2D eigenvalue weighted by Gasteiger charge is 2.36. The number of nitriles is 1. The average Bonchev–Trinajstić information content (AvgIpc) is 2.15. The van der Waals surface area contributed by atoms with Gasteiger partial charge in [0, 0.05) is 0 Å². The third-order valence-electron chi connectivity index (χ3n) is 2.10. The molecule has 1 N–H and O–H groups in total. The van der Waals surface area contributed by atoms with Gasteiger partial charge >= 0.3 is 11.9 Å².